The standard InChI is InChI=1S/C5H5F6/c6-2-4(8,9)1-5(10,11)3-7/h2H,1,3H2. The second-order valence-electron chi connectivity index (χ2n) is 2.04. The summed E-state index contributed by atoms with van der Waals surface area (Å²) < 4.78 is 69.4. The van der Waals surface area contributed by atoms with Gasteiger partial charge in [0.15, 0.2) is 6.67 Å². The van der Waals surface area contributed by atoms with Gasteiger partial charge in [0.1, 0.15) is 0 Å². The van der Waals surface area contributed by atoms with Gasteiger partial charge < -0.3 is 0 Å². The van der Waals surface area contributed by atoms with E-state index >= 15 is 0 Å². The molecule has 0 bridgehead atoms. The lowest BCUT2D eigenvalue weighted by Gasteiger charge is -2.17. The maximum Gasteiger partial charge on any atom is 0.287 e. The molecule has 0 aromatic rings. The zero-order chi connectivity index (χ0) is 9.12. The van der Waals surface area contributed by atoms with E-state index in [1.54, 1.807) is 0 Å². The molecule has 0 atom stereocenters. The van der Waals surface area contributed by atoms with Gasteiger partial charge in [-0.25, -0.2) is 26.3 Å². The molecular formula is C5H5F6. The van der Waals surface area contributed by atoms with Gasteiger partial charge in [-0.1, -0.05) is 0 Å². The second-order valence-corrected chi connectivity index (χ2v) is 2.04. The first-order chi connectivity index (χ1) is 4.83. The van der Waals surface area contributed by atoms with Gasteiger partial charge in [0.2, 0.25) is 6.67 Å². The highest BCUT2D eigenvalue weighted by Crippen LogP contribution is 2.32. The fraction of sp³-hybridized carbons (Fsp3) is 0.800. The number of rotatable bonds is 4. The summed E-state index contributed by atoms with van der Waals surface area (Å²) in [6.07, 6.45) is -2.13. The first-order valence-corrected chi connectivity index (χ1v) is 2.59. The molecule has 0 heterocycles. The Morgan fingerprint density at radius 2 is 1.55 bits per heavy atom. The summed E-state index contributed by atoms with van der Waals surface area (Å²) in [6, 6.07) is 0. The molecule has 0 saturated heterocycles. The smallest absolute Gasteiger partial charge is 0.244 e. The van der Waals surface area contributed by atoms with Crippen LogP contribution in [0.5, 0.6) is 0 Å². The Morgan fingerprint density at radius 3 is 1.82 bits per heavy atom. The molecule has 0 nitrogen and oxygen atoms in total. The molecule has 0 aromatic carbocycles. The van der Waals surface area contributed by atoms with Crippen LogP contribution in [0.4, 0.5) is 26.3 Å². The first-order valence-electron chi connectivity index (χ1n) is 2.59. The summed E-state index contributed by atoms with van der Waals surface area (Å²) in [6.45, 7) is -3.38. The SMILES string of the molecule is F[CH]C(F)(F)CC(F)(F)CF. The van der Waals surface area contributed by atoms with Gasteiger partial charge in [-0.05, 0) is 0 Å². The highest BCUT2D eigenvalue weighted by atomic mass is 19.3. The molecule has 0 spiro atoms. The van der Waals surface area contributed by atoms with Crippen LogP contribution in [-0.4, -0.2) is 18.5 Å². The predicted octanol–water partition coefficient (Wildman–Crippen LogP) is 2.75. The van der Waals surface area contributed by atoms with Gasteiger partial charge in [0.05, 0.1) is 6.42 Å². The van der Waals surface area contributed by atoms with Gasteiger partial charge >= 0.3 is 0 Å². The lowest BCUT2D eigenvalue weighted by Crippen LogP contribution is -2.30. The summed E-state index contributed by atoms with van der Waals surface area (Å²) in [5, 5.41) is 0. The molecule has 0 aromatic heterocycles. The van der Waals surface area contributed by atoms with Crippen LogP contribution in [0.3, 0.4) is 0 Å². The van der Waals surface area contributed by atoms with Crippen LogP contribution in [0.25, 0.3) is 0 Å². The third-order valence-corrected chi connectivity index (χ3v) is 0.849. The Balaban J connectivity index is 4.02. The summed E-state index contributed by atoms with van der Waals surface area (Å²) in [4.78, 5) is 0. The van der Waals surface area contributed by atoms with E-state index in [1.165, 1.54) is 0 Å². The van der Waals surface area contributed by atoms with Gasteiger partial charge in [-0.2, -0.15) is 0 Å². The van der Waals surface area contributed by atoms with Crippen molar-refractivity contribution in [1.29, 1.82) is 0 Å². The van der Waals surface area contributed by atoms with Crippen molar-refractivity contribution in [3.8, 4) is 0 Å². The van der Waals surface area contributed by atoms with E-state index in [4.69, 9.17) is 0 Å². The Bertz CT molecular complexity index is 106. The molecule has 1 radical (unpaired) electrons. The molecule has 6 heteroatoms. The summed E-state index contributed by atoms with van der Waals surface area (Å²) >= 11 is 0. The number of halogens is 6. The van der Waals surface area contributed by atoms with Crippen LogP contribution < -0.4 is 0 Å². The van der Waals surface area contributed by atoms with Crippen molar-refractivity contribution < 1.29 is 26.3 Å². The van der Waals surface area contributed by atoms with Gasteiger partial charge in [0, 0.05) is 0 Å². The molecule has 0 aliphatic rings. The van der Waals surface area contributed by atoms with Crippen molar-refractivity contribution >= 4 is 0 Å². The van der Waals surface area contributed by atoms with Crippen molar-refractivity contribution in [1.82, 2.24) is 0 Å². The largest absolute Gasteiger partial charge is 0.287 e. The molecule has 0 saturated carbocycles. The Labute approximate surface area is 59.2 Å². The summed E-state index contributed by atoms with van der Waals surface area (Å²) in [5.74, 6) is -8.41. The summed E-state index contributed by atoms with van der Waals surface area (Å²) in [5.41, 5.74) is 0. The summed E-state index contributed by atoms with van der Waals surface area (Å²) in [7, 11) is 0. The van der Waals surface area contributed by atoms with Crippen molar-refractivity contribution in [2.75, 3.05) is 6.67 Å². The highest BCUT2D eigenvalue weighted by molar-refractivity contribution is 4.82. The van der Waals surface area contributed by atoms with Crippen LogP contribution in [-0.2, 0) is 0 Å². The molecule has 0 rings (SSSR count). The average molecular weight is 179 g/mol. The van der Waals surface area contributed by atoms with Gasteiger partial charge in [-0.15, -0.1) is 0 Å². The fourth-order valence-electron chi connectivity index (χ4n) is 0.431. The lowest BCUT2D eigenvalue weighted by atomic mass is 10.1. The van der Waals surface area contributed by atoms with E-state index in [0.717, 1.165) is 0 Å². The Hall–Kier alpha value is -0.420. The zero-order valence-corrected chi connectivity index (χ0v) is 5.26. The minimum Gasteiger partial charge on any atom is -0.244 e. The number of hydrogen-bond donors (Lipinski definition) is 0. The van der Waals surface area contributed by atoms with Crippen molar-refractivity contribution in [3.63, 3.8) is 0 Å². The molecule has 0 amide bonds. The van der Waals surface area contributed by atoms with Gasteiger partial charge in [-0.3, -0.25) is 0 Å². The maximum atomic E-state index is 11.8. The van der Waals surface area contributed by atoms with Crippen LogP contribution in [0.2, 0.25) is 0 Å². The van der Waals surface area contributed by atoms with E-state index in [9.17, 15) is 26.3 Å². The minimum atomic E-state index is -4.25. The monoisotopic (exact) mass is 179 g/mol. The third-order valence-electron chi connectivity index (χ3n) is 0.849. The maximum absolute atomic E-state index is 11.8. The number of alkyl halides is 5. The first kappa shape index (κ1) is 10.6. The van der Waals surface area contributed by atoms with Crippen LogP contribution in [0.15, 0.2) is 0 Å². The highest BCUT2D eigenvalue weighted by Gasteiger charge is 2.43. The number of hydrogen-bond acceptors (Lipinski definition) is 0. The molecular weight excluding hydrogens is 174 g/mol. The van der Waals surface area contributed by atoms with Crippen molar-refractivity contribution in [2.24, 2.45) is 0 Å². The molecule has 0 fully saturated rings. The van der Waals surface area contributed by atoms with E-state index in [1.807, 2.05) is 0 Å². The minimum absolute atomic E-state index is 1.17. The van der Waals surface area contributed by atoms with E-state index in [2.05, 4.69) is 0 Å². The third kappa shape index (κ3) is 4.10. The van der Waals surface area contributed by atoms with E-state index in [-0.39, 0.29) is 0 Å². The van der Waals surface area contributed by atoms with Crippen LogP contribution >= 0.6 is 0 Å². The lowest BCUT2D eigenvalue weighted by molar-refractivity contribution is -0.112. The van der Waals surface area contributed by atoms with Crippen molar-refractivity contribution in [2.45, 2.75) is 18.3 Å². The molecule has 11 heavy (non-hydrogen) atoms. The normalized spacial score (nSPS) is 13.6. The van der Waals surface area contributed by atoms with Gasteiger partial charge in [0.25, 0.3) is 11.8 Å². The topological polar surface area (TPSA) is 0 Å². The zero-order valence-electron chi connectivity index (χ0n) is 5.26. The fourth-order valence-corrected chi connectivity index (χ4v) is 0.431. The van der Waals surface area contributed by atoms with Crippen LogP contribution in [0, 0.1) is 6.67 Å². The quantitative estimate of drug-likeness (QED) is 0.582. The van der Waals surface area contributed by atoms with E-state index in [0.29, 0.717) is 0 Å². The Morgan fingerprint density at radius 1 is 1.09 bits per heavy atom. The molecule has 0 aliphatic heterocycles. The molecule has 0 unspecified atom stereocenters. The second kappa shape index (κ2) is 3.32. The van der Waals surface area contributed by atoms with Crippen molar-refractivity contribution in [3.05, 3.63) is 6.67 Å². The molecule has 0 N–H and O–H groups in total. The Kier molecular flexibility index (Phi) is 3.19. The van der Waals surface area contributed by atoms with E-state index < -0.39 is 31.6 Å². The molecule has 0 aliphatic carbocycles. The van der Waals surface area contributed by atoms with Crippen LogP contribution in [0.1, 0.15) is 6.42 Å². The predicted molar refractivity (Wildman–Crippen MR) is 25.9 cm³/mol. The average Bonchev–Trinajstić information content (AvgIpc) is 1.86. The molecule has 67 valence electrons.